The van der Waals surface area contributed by atoms with Gasteiger partial charge in [0.05, 0.1) is 5.56 Å². The van der Waals surface area contributed by atoms with E-state index in [0.29, 0.717) is 17.8 Å². The van der Waals surface area contributed by atoms with Crippen LogP contribution in [0.5, 0.6) is 0 Å². The molecule has 1 aliphatic carbocycles. The summed E-state index contributed by atoms with van der Waals surface area (Å²) < 4.78 is 0. The van der Waals surface area contributed by atoms with Crippen LogP contribution >= 0.6 is 0 Å². The molecule has 3 N–H and O–H groups in total. The first-order valence-corrected chi connectivity index (χ1v) is 6.77. The van der Waals surface area contributed by atoms with Crippen LogP contribution in [-0.4, -0.2) is 37.0 Å². The molecule has 0 bridgehead atoms. The van der Waals surface area contributed by atoms with E-state index in [1.807, 2.05) is 19.1 Å². The third-order valence-corrected chi connectivity index (χ3v) is 4.34. The topological polar surface area (TPSA) is 58.4 Å². The van der Waals surface area contributed by atoms with E-state index < -0.39 is 0 Å². The first kappa shape index (κ1) is 13.9. The number of hydrogen-bond donors (Lipinski definition) is 2. The van der Waals surface area contributed by atoms with E-state index >= 15 is 0 Å². The second kappa shape index (κ2) is 5.21. The minimum Gasteiger partial charge on any atom is -0.398 e. The number of aryl methyl sites for hydroxylation is 1. The Morgan fingerprint density at radius 1 is 1.42 bits per heavy atom. The van der Waals surface area contributed by atoms with Crippen LogP contribution in [-0.2, 0) is 0 Å². The molecule has 0 spiro atoms. The molecule has 1 aromatic carbocycles. The van der Waals surface area contributed by atoms with E-state index in [0.717, 1.165) is 18.4 Å². The fourth-order valence-corrected chi connectivity index (χ4v) is 2.70. The number of hydrogen-bond acceptors (Lipinski definition) is 3. The van der Waals surface area contributed by atoms with Gasteiger partial charge in [-0.2, -0.15) is 0 Å². The number of rotatable bonds is 4. The minimum atomic E-state index is -0.0660. The van der Waals surface area contributed by atoms with Crippen LogP contribution in [0.4, 0.5) is 5.69 Å². The average molecular weight is 261 g/mol. The van der Waals surface area contributed by atoms with Gasteiger partial charge < -0.3 is 16.0 Å². The van der Waals surface area contributed by atoms with Crippen molar-refractivity contribution < 1.29 is 4.79 Å². The fourth-order valence-electron chi connectivity index (χ4n) is 2.70. The van der Waals surface area contributed by atoms with Crippen LogP contribution < -0.4 is 11.1 Å². The fraction of sp³-hybridized carbons (Fsp3) is 0.533. The Hall–Kier alpha value is -1.55. The van der Waals surface area contributed by atoms with Gasteiger partial charge in [-0.15, -0.1) is 0 Å². The summed E-state index contributed by atoms with van der Waals surface area (Å²) in [5.41, 5.74) is 8.10. The average Bonchev–Trinajstić information content (AvgIpc) is 2.26. The lowest BCUT2D eigenvalue weighted by atomic mass is 9.75. The number of nitrogens with two attached hydrogens (primary N) is 1. The highest BCUT2D eigenvalue weighted by molar-refractivity contribution is 6.00. The second-order valence-electron chi connectivity index (χ2n) is 5.69. The molecule has 0 heterocycles. The van der Waals surface area contributed by atoms with Gasteiger partial charge >= 0.3 is 0 Å². The van der Waals surface area contributed by atoms with Gasteiger partial charge in [0.15, 0.2) is 0 Å². The van der Waals surface area contributed by atoms with Crippen molar-refractivity contribution in [2.24, 2.45) is 0 Å². The predicted molar refractivity (Wildman–Crippen MR) is 78.2 cm³/mol. The standard InChI is InChI=1S/C15H23N3O/c1-11-6-4-7-12(16)13(11)14(19)17-10-15(18(2)3)8-5-9-15/h4,6-7H,5,8-10,16H2,1-3H3,(H,17,19). The number of nitrogens with zero attached hydrogens (tertiary/aromatic N) is 1. The molecule has 1 aromatic rings. The third kappa shape index (κ3) is 2.59. The molecule has 4 heteroatoms. The summed E-state index contributed by atoms with van der Waals surface area (Å²) in [5, 5.41) is 3.04. The van der Waals surface area contributed by atoms with Crippen LogP contribution in [0.2, 0.25) is 0 Å². The predicted octanol–water partition coefficient (Wildman–Crippen LogP) is 1.79. The van der Waals surface area contributed by atoms with E-state index in [2.05, 4.69) is 24.3 Å². The molecule has 0 unspecified atom stereocenters. The number of carbonyl (C=O) groups excluding carboxylic acids is 1. The zero-order valence-electron chi connectivity index (χ0n) is 12.0. The molecule has 19 heavy (non-hydrogen) atoms. The number of likely N-dealkylation sites (N-methyl/N-ethyl adjacent to an activating group) is 1. The van der Waals surface area contributed by atoms with Crippen molar-refractivity contribution in [2.75, 3.05) is 26.4 Å². The minimum absolute atomic E-state index is 0.0660. The molecule has 0 radical (unpaired) electrons. The maximum absolute atomic E-state index is 12.3. The van der Waals surface area contributed by atoms with Crippen LogP contribution in [0.1, 0.15) is 35.2 Å². The molecule has 1 amide bonds. The summed E-state index contributed by atoms with van der Waals surface area (Å²) >= 11 is 0. The third-order valence-electron chi connectivity index (χ3n) is 4.34. The lowest BCUT2D eigenvalue weighted by Gasteiger charge is -2.47. The van der Waals surface area contributed by atoms with Crippen molar-refractivity contribution in [1.82, 2.24) is 10.2 Å². The molecule has 1 fully saturated rings. The number of nitrogen functional groups attached to an aromatic ring is 1. The Labute approximate surface area is 115 Å². The lowest BCUT2D eigenvalue weighted by molar-refractivity contribution is 0.0557. The van der Waals surface area contributed by atoms with Gasteiger partial charge in [0, 0.05) is 17.8 Å². The van der Waals surface area contributed by atoms with E-state index in [1.54, 1.807) is 6.07 Å². The molecule has 1 saturated carbocycles. The number of benzene rings is 1. The largest absolute Gasteiger partial charge is 0.398 e. The van der Waals surface area contributed by atoms with Crippen molar-refractivity contribution in [3.05, 3.63) is 29.3 Å². The zero-order chi connectivity index (χ0) is 14.0. The van der Waals surface area contributed by atoms with Gasteiger partial charge in [-0.25, -0.2) is 0 Å². The van der Waals surface area contributed by atoms with Gasteiger partial charge in [-0.1, -0.05) is 12.1 Å². The normalized spacial score (nSPS) is 17.1. The molecule has 104 valence electrons. The van der Waals surface area contributed by atoms with Gasteiger partial charge in [0.2, 0.25) is 0 Å². The summed E-state index contributed by atoms with van der Waals surface area (Å²) in [6, 6.07) is 5.55. The van der Waals surface area contributed by atoms with Gasteiger partial charge in [0.1, 0.15) is 0 Å². The Bertz CT molecular complexity index is 458. The highest BCUT2D eigenvalue weighted by atomic mass is 16.1. The van der Waals surface area contributed by atoms with E-state index in [9.17, 15) is 4.79 Å². The molecule has 0 atom stereocenters. The summed E-state index contributed by atoms with van der Waals surface area (Å²) in [5.74, 6) is -0.0660. The summed E-state index contributed by atoms with van der Waals surface area (Å²) in [7, 11) is 4.15. The molecule has 0 saturated heterocycles. The summed E-state index contributed by atoms with van der Waals surface area (Å²) in [6.07, 6.45) is 3.52. The molecule has 1 aliphatic rings. The van der Waals surface area contributed by atoms with Gasteiger partial charge in [-0.05, 0) is 51.9 Å². The van der Waals surface area contributed by atoms with Crippen LogP contribution in [0.25, 0.3) is 0 Å². The van der Waals surface area contributed by atoms with Crippen LogP contribution in [0.3, 0.4) is 0 Å². The summed E-state index contributed by atoms with van der Waals surface area (Å²) in [6.45, 7) is 2.60. The Balaban J connectivity index is 2.06. The van der Waals surface area contributed by atoms with Crippen molar-refractivity contribution in [2.45, 2.75) is 31.7 Å². The van der Waals surface area contributed by atoms with E-state index in [-0.39, 0.29) is 11.4 Å². The van der Waals surface area contributed by atoms with Crippen LogP contribution in [0, 0.1) is 6.92 Å². The summed E-state index contributed by atoms with van der Waals surface area (Å²) in [4.78, 5) is 14.5. The first-order chi connectivity index (χ1) is 8.96. The monoisotopic (exact) mass is 261 g/mol. The lowest BCUT2D eigenvalue weighted by Crippen LogP contribution is -2.57. The van der Waals surface area contributed by atoms with Crippen molar-refractivity contribution in [3.8, 4) is 0 Å². The number of anilines is 1. The molecular formula is C15H23N3O. The number of carbonyl (C=O) groups is 1. The highest BCUT2D eigenvalue weighted by Gasteiger charge is 2.39. The smallest absolute Gasteiger partial charge is 0.253 e. The van der Waals surface area contributed by atoms with Crippen molar-refractivity contribution in [1.29, 1.82) is 0 Å². The SMILES string of the molecule is Cc1cccc(N)c1C(=O)NCC1(N(C)C)CCC1. The Morgan fingerprint density at radius 2 is 2.11 bits per heavy atom. The zero-order valence-corrected chi connectivity index (χ0v) is 12.0. The van der Waals surface area contributed by atoms with Crippen molar-refractivity contribution in [3.63, 3.8) is 0 Å². The van der Waals surface area contributed by atoms with Crippen LogP contribution in [0.15, 0.2) is 18.2 Å². The first-order valence-electron chi connectivity index (χ1n) is 6.77. The number of nitrogens with one attached hydrogen (secondary N) is 1. The Kier molecular flexibility index (Phi) is 3.80. The van der Waals surface area contributed by atoms with E-state index in [4.69, 9.17) is 5.73 Å². The molecule has 4 nitrogen and oxygen atoms in total. The molecule has 0 aliphatic heterocycles. The van der Waals surface area contributed by atoms with Gasteiger partial charge in [0.25, 0.3) is 5.91 Å². The molecular weight excluding hydrogens is 238 g/mol. The second-order valence-corrected chi connectivity index (χ2v) is 5.69. The maximum atomic E-state index is 12.3. The Morgan fingerprint density at radius 3 is 2.58 bits per heavy atom. The quantitative estimate of drug-likeness (QED) is 0.812. The van der Waals surface area contributed by atoms with E-state index in [1.165, 1.54) is 6.42 Å². The molecule has 0 aromatic heterocycles. The van der Waals surface area contributed by atoms with Gasteiger partial charge in [-0.3, -0.25) is 4.79 Å². The highest BCUT2D eigenvalue weighted by Crippen LogP contribution is 2.35. The maximum Gasteiger partial charge on any atom is 0.253 e. The molecule has 2 rings (SSSR count). The number of amides is 1. The van der Waals surface area contributed by atoms with Crippen molar-refractivity contribution >= 4 is 11.6 Å².